The second-order valence-electron chi connectivity index (χ2n) is 9.39. The highest BCUT2D eigenvalue weighted by atomic mass is 16.5. The monoisotopic (exact) mass is 488 g/mol. The minimum Gasteiger partial charge on any atom is -0.411 e. The number of methoxy groups -OCH3 is 1. The minimum absolute atomic E-state index is 0.0250. The normalized spacial score (nSPS) is 17.4. The molecule has 3 aromatic rings. The molecule has 2 aliphatic rings. The van der Waals surface area contributed by atoms with Crippen molar-refractivity contribution < 1.29 is 14.7 Å². The number of benzene rings is 1. The van der Waals surface area contributed by atoms with Gasteiger partial charge in [0, 0.05) is 48.7 Å². The van der Waals surface area contributed by atoms with E-state index in [2.05, 4.69) is 31.4 Å². The molecule has 3 heterocycles. The minimum atomic E-state index is 0.0250. The molecule has 3 N–H and O–H groups in total. The molecular formula is C27H32N6O3. The number of imidazole rings is 1. The molecule has 0 spiro atoms. The van der Waals surface area contributed by atoms with Crippen LogP contribution in [0.5, 0.6) is 0 Å². The van der Waals surface area contributed by atoms with Crippen LogP contribution in [-0.2, 0) is 22.5 Å². The van der Waals surface area contributed by atoms with Crippen molar-refractivity contribution in [2.45, 2.75) is 32.2 Å². The van der Waals surface area contributed by atoms with Gasteiger partial charge in [0.05, 0.1) is 30.3 Å². The van der Waals surface area contributed by atoms with Crippen molar-refractivity contribution in [3.8, 4) is 22.5 Å². The number of rotatable bonds is 8. The van der Waals surface area contributed by atoms with Crippen molar-refractivity contribution in [2.24, 2.45) is 11.1 Å². The average Bonchev–Trinajstić information content (AvgIpc) is 3.55. The number of hydrogen-bond donors (Lipinski definition) is 3. The van der Waals surface area contributed by atoms with Gasteiger partial charge in [-0.3, -0.25) is 9.78 Å². The molecule has 1 aliphatic carbocycles. The standard InChI is InChI=1S/C27H32N6O3/c1-36-15-14-33-12-8-19(9-13-33)27(34)29-17-24-30-25(18-6-10-28-11-7-18)26(31-24)21-2-4-22-20(16-21)3-5-23(22)32-35/h2,4,6-7,10-11,16,19,35H,3,5,8-9,12-15,17H2,1H3,(H,29,34)(H,30,31)/b32-23+. The van der Waals surface area contributed by atoms with Gasteiger partial charge in [0.1, 0.15) is 5.82 Å². The lowest BCUT2D eigenvalue weighted by molar-refractivity contribution is -0.126. The number of amides is 1. The highest BCUT2D eigenvalue weighted by Crippen LogP contribution is 2.33. The van der Waals surface area contributed by atoms with Crippen molar-refractivity contribution in [2.75, 3.05) is 33.4 Å². The third-order valence-electron chi connectivity index (χ3n) is 7.16. The van der Waals surface area contributed by atoms with E-state index in [1.165, 1.54) is 0 Å². The van der Waals surface area contributed by atoms with Crippen LogP contribution in [0.25, 0.3) is 22.5 Å². The summed E-state index contributed by atoms with van der Waals surface area (Å²) in [7, 11) is 1.71. The number of fused-ring (bicyclic) bond motifs is 1. The maximum atomic E-state index is 12.9. The van der Waals surface area contributed by atoms with Crippen LogP contribution in [0.1, 0.15) is 36.2 Å². The number of nitrogens with zero attached hydrogens (tertiary/aromatic N) is 4. The van der Waals surface area contributed by atoms with Gasteiger partial charge in [0.15, 0.2) is 0 Å². The molecule has 9 nitrogen and oxygen atoms in total. The Morgan fingerprint density at radius 2 is 2.00 bits per heavy atom. The van der Waals surface area contributed by atoms with Crippen LogP contribution >= 0.6 is 0 Å². The average molecular weight is 489 g/mol. The van der Waals surface area contributed by atoms with Crippen molar-refractivity contribution in [3.05, 3.63) is 59.7 Å². The van der Waals surface area contributed by atoms with Crippen LogP contribution < -0.4 is 5.32 Å². The first-order valence-corrected chi connectivity index (χ1v) is 12.5. The Labute approximate surface area is 210 Å². The molecule has 0 unspecified atom stereocenters. The fourth-order valence-electron chi connectivity index (χ4n) is 5.12. The van der Waals surface area contributed by atoms with Crippen molar-refractivity contribution in [1.82, 2.24) is 25.2 Å². The number of hydrogen-bond acceptors (Lipinski definition) is 7. The van der Waals surface area contributed by atoms with Gasteiger partial charge < -0.3 is 25.1 Å². The van der Waals surface area contributed by atoms with E-state index in [9.17, 15) is 10.0 Å². The molecule has 0 bridgehead atoms. The molecule has 5 rings (SSSR count). The third-order valence-corrected chi connectivity index (χ3v) is 7.16. The van der Waals surface area contributed by atoms with Crippen LogP contribution in [0.4, 0.5) is 0 Å². The molecule has 1 saturated heterocycles. The van der Waals surface area contributed by atoms with Crippen molar-refractivity contribution >= 4 is 11.6 Å². The Morgan fingerprint density at radius 3 is 2.75 bits per heavy atom. The number of carbonyl (C=O) groups is 1. The summed E-state index contributed by atoms with van der Waals surface area (Å²) >= 11 is 0. The number of H-pyrrole nitrogens is 1. The molecule has 0 atom stereocenters. The zero-order valence-electron chi connectivity index (χ0n) is 20.5. The number of carbonyl (C=O) groups excluding carboxylic acids is 1. The van der Waals surface area contributed by atoms with Gasteiger partial charge in [0.25, 0.3) is 0 Å². The van der Waals surface area contributed by atoms with Gasteiger partial charge in [-0.2, -0.15) is 0 Å². The number of aromatic amines is 1. The lowest BCUT2D eigenvalue weighted by Crippen LogP contribution is -2.41. The van der Waals surface area contributed by atoms with Crippen LogP contribution in [0, 0.1) is 5.92 Å². The first kappa shape index (κ1) is 24.1. The highest BCUT2D eigenvalue weighted by molar-refractivity contribution is 6.04. The molecular weight excluding hydrogens is 456 g/mol. The summed E-state index contributed by atoms with van der Waals surface area (Å²) in [5.74, 6) is 0.816. The number of likely N-dealkylation sites (tertiary alicyclic amines) is 1. The maximum Gasteiger partial charge on any atom is 0.223 e. The Kier molecular flexibility index (Phi) is 7.39. The Bertz CT molecular complexity index is 1230. The van der Waals surface area contributed by atoms with E-state index in [-0.39, 0.29) is 11.8 Å². The summed E-state index contributed by atoms with van der Waals surface area (Å²) in [6, 6.07) is 10.0. The number of aryl methyl sites for hydroxylation is 1. The summed E-state index contributed by atoms with van der Waals surface area (Å²) in [6.45, 7) is 3.80. The fraction of sp³-hybridized carbons (Fsp3) is 0.407. The lowest BCUT2D eigenvalue weighted by Gasteiger charge is -2.30. The molecule has 0 saturated carbocycles. The SMILES string of the molecule is COCCN1CCC(C(=O)NCc2nc(-c3ccc4c(c3)CC/C4=N\O)c(-c3ccncc3)[nH]2)CC1. The van der Waals surface area contributed by atoms with Gasteiger partial charge in [-0.1, -0.05) is 17.3 Å². The molecule has 1 aromatic carbocycles. The quantitative estimate of drug-likeness (QED) is 0.331. The van der Waals surface area contributed by atoms with Crippen LogP contribution in [0.3, 0.4) is 0 Å². The summed E-state index contributed by atoms with van der Waals surface area (Å²) in [5, 5.41) is 15.8. The lowest BCUT2D eigenvalue weighted by atomic mass is 9.96. The fourth-order valence-corrected chi connectivity index (χ4v) is 5.12. The van der Waals surface area contributed by atoms with E-state index in [1.54, 1.807) is 19.5 Å². The van der Waals surface area contributed by atoms with Crippen molar-refractivity contribution in [1.29, 1.82) is 0 Å². The number of nitrogens with one attached hydrogen (secondary N) is 2. The molecule has 1 fully saturated rings. The smallest absolute Gasteiger partial charge is 0.223 e. The Morgan fingerprint density at radius 1 is 1.19 bits per heavy atom. The number of oxime groups is 1. The summed E-state index contributed by atoms with van der Waals surface area (Å²) in [4.78, 5) is 27.7. The largest absolute Gasteiger partial charge is 0.411 e. The van der Waals surface area contributed by atoms with Crippen LogP contribution in [0.15, 0.2) is 47.9 Å². The van der Waals surface area contributed by atoms with Gasteiger partial charge in [-0.25, -0.2) is 4.98 Å². The van der Waals surface area contributed by atoms with Crippen molar-refractivity contribution in [3.63, 3.8) is 0 Å². The van der Waals surface area contributed by atoms with E-state index >= 15 is 0 Å². The number of aromatic nitrogens is 3. The van der Waals surface area contributed by atoms with Gasteiger partial charge in [-0.05, 0) is 62.5 Å². The van der Waals surface area contributed by atoms with Gasteiger partial charge >= 0.3 is 0 Å². The number of piperidine rings is 1. The topological polar surface area (TPSA) is 116 Å². The van der Waals surface area contributed by atoms with E-state index in [0.29, 0.717) is 12.4 Å². The van der Waals surface area contributed by atoms with Gasteiger partial charge in [-0.15, -0.1) is 0 Å². The highest BCUT2D eigenvalue weighted by Gasteiger charge is 2.25. The van der Waals surface area contributed by atoms with E-state index < -0.39 is 0 Å². The zero-order chi connectivity index (χ0) is 24.9. The van der Waals surface area contributed by atoms with E-state index in [0.717, 1.165) is 91.3 Å². The molecule has 188 valence electrons. The second kappa shape index (κ2) is 11.0. The summed E-state index contributed by atoms with van der Waals surface area (Å²) in [5.41, 5.74) is 6.54. The van der Waals surface area contributed by atoms with Gasteiger partial charge in [0.2, 0.25) is 5.91 Å². The predicted molar refractivity (Wildman–Crippen MR) is 137 cm³/mol. The first-order valence-electron chi connectivity index (χ1n) is 12.5. The molecule has 1 amide bonds. The van der Waals surface area contributed by atoms with E-state index in [4.69, 9.17) is 9.72 Å². The van der Waals surface area contributed by atoms with Crippen LogP contribution in [0.2, 0.25) is 0 Å². The molecule has 1 aliphatic heterocycles. The van der Waals surface area contributed by atoms with Crippen LogP contribution in [-0.4, -0.2) is 70.0 Å². The first-order chi connectivity index (χ1) is 17.7. The molecule has 36 heavy (non-hydrogen) atoms. The zero-order valence-corrected chi connectivity index (χ0v) is 20.5. The van der Waals surface area contributed by atoms with E-state index in [1.807, 2.05) is 24.3 Å². The summed E-state index contributed by atoms with van der Waals surface area (Å²) < 4.78 is 5.16. The summed E-state index contributed by atoms with van der Waals surface area (Å²) in [6.07, 6.45) is 6.80. The predicted octanol–water partition coefficient (Wildman–Crippen LogP) is 3.24. The molecule has 9 heteroatoms. The molecule has 2 aromatic heterocycles. The number of pyridine rings is 1. The molecule has 0 radical (unpaired) electrons. The Hall–Kier alpha value is -3.56. The second-order valence-corrected chi connectivity index (χ2v) is 9.39. The Balaban J connectivity index is 1.32. The maximum absolute atomic E-state index is 12.9. The third kappa shape index (κ3) is 5.17. The number of ether oxygens (including phenoxy) is 1.